The monoisotopic (exact) mass is 1390 g/mol. The maximum Gasteiger partial charge on any atom is 0.160 e. The van der Waals surface area contributed by atoms with Gasteiger partial charge in [-0.15, -0.1) is 22.7 Å². The number of para-hydroxylation sites is 4. The highest BCUT2D eigenvalue weighted by Gasteiger charge is 2.36. The van der Waals surface area contributed by atoms with Crippen LogP contribution in [0.5, 0.6) is 46.0 Å². The van der Waals surface area contributed by atoms with Crippen molar-refractivity contribution in [2.45, 2.75) is 0 Å². The Kier molecular flexibility index (Phi) is 12.8. The Morgan fingerprint density at radius 3 is 1.15 bits per heavy atom. The molecule has 20 aromatic rings. The number of ether oxygens (including phenoxy) is 4. The summed E-state index contributed by atoms with van der Waals surface area (Å²) in [7, 11) is 0. The molecule has 0 bridgehead atoms. The minimum Gasteiger partial charge on any atom is -0.453 e. The van der Waals surface area contributed by atoms with E-state index in [1.807, 2.05) is 59.1 Å². The van der Waals surface area contributed by atoms with E-state index in [-0.39, 0.29) is 0 Å². The Labute approximate surface area is 616 Å². The van der Waals surface area contributed by atoms with Gasteiger partial charge in [0.05, 0.1) is 22.1 Å². The van der Waals surface area contributed by atoms with Crippen LogP contribution in [0.15, 0.2) is 340 Å². The van der Waals surface area contributed by atoms with Crippen LogP contribution >= 0.6 is 22.7 Å². The molecular formula is C96H56N4O4S2. The van der Waals surface area contributed by atoms with Gasteiger partial charge in [0.25, 0.3) is 0 Å². The van der Waals surface area contributed by atoms with Crippen LogP contribution in [-0.2, 0) is 0 Å². The van der Waals surface area contributed by atoms with Gasteiger partial charge in [-0.2, -0.15) is 0 Å². The van der Waals surface area contributed by atoms with Crippen molar-refractivity contribution in [1.82, 2.24) is 9.13 Å². The van der Waals surface area contributed by atoms with E-state index >= 15 is 0 Å². The molecular weight excluding hydrogens is 1340 g/mol. The predicted octanol–water partition coefficient (Wildman–Crippen LogP) is 28.3. The molecule has 4 aromatic heterocycles. The third-order valence-electron chi connectivity index (χ3n) is 21.5. The third kappa shape index (κ3) is 8.92. The van der Waals surface area contributed by atoms with Crippen molar-refractivity contribution in [2.24, 2.45) is 0 Å². The van der Waals surface area contributed by atoms with Crippen molar-refractivity contribution >= 4 is 141 Å². The number of nitrogens with zero attached hydrogens (tertiary/aromatic N) is 4. The number of thiophene rings is 2. The average molecular weight is 1390 g/mol. The molecule has 0 fully saturated rings. The van der Waals surface area contributed by atoms with Crippen LogP contribution in [0.25, 0.3) is 140 Å². The molecule has 0 saturated carbocycles. The molecule has 0 unspecified atom stereocenters. The zero-order valence-electron chi connectivity index (χ0n) is 56.6. The van der Waals surface area contributed by atoms with Crippen LogP contribution in [-0.4, -0.2) is 9.13 Å². The minimum atomic E-state index is 0.794. The van der Waals surface area contributed by atoms with Crippen LogP contribution in [0.3, 0.4) is 0 Å². The molecule has 496 valence electrons. The molecule has 8 nitrogen and oxygen atoms in total. The van der Waals surface area contributed by atoms with Crippen LogP contribution in [0.2, 0.25) is 0 Å². The zero-order valence-corrected chi connectivity index (χ0v) is 58.2. The van der Waals surface area contributed by atoms with Gasteiger partial charge in [0.15, 0.2) is 46.0 Å². The van der Waals surface area contributed by atoms with E-state index in [0.29, 0.717) is 0 Å². The lowest BCUT2D eigenvalue weighted by Crippen LogP contribution is -2.11. The van der Waals surface area contributed by atoms with E-state index in [1.54, 1.807) is 0 Å². The maximum atomic E-state index is 6.87. The van der Waals surface area contributed by atoms with Gasteiger partial charge in [-0.05, 0) is 173 Å². The molecule has 0 radical (unpaired) electrons. The number of hydrogen-bond donors (Lipinski definition) is 0. The van der Waals surface area contributed by atoms with E-state index in [9.17, 15) is 0 Å². The summed E-state index contributed by atoms with van der Waals surface area (Å²) in [4.78, 5) is 4.75. The van der Waals surface area contributed by atoms with E-state index in [4.69, 9.17) is 18.9 Å². The summed E-state index contributed by atoms with van der Waals surface area (Å²) >= 11 is 3.69. The normalized spacial score (nSPS) is 12.5. The van der Waals surface area contributed by atoms with Gasteiger partial charge in [0.1, 0.15) is 11.4 Å². The molecule has 10 heteroatoms. The van der Waals surface area contributed by atoms with Gasteiger partial charge >= 0.3 is 0 Å². The van der Waals surface area contributed by atoms with E-state index < -0.39 is 0 Å². The minimum absolute atomic E-state index is 0.794. The summed E-state index contributed by atoms with van der Waals surface area (Å²) in [6.07, 6.45) is 0. The fourth-order valence-corrected chi connectivity index (χ4v) is 19.0. The smallest absolute Gasteiger partial charge is 0.160 e. The Morgan fingerprint density at radius 2 is 0.575 bits per heavy atom. The summed E-state index contributed by atoms with van der Waals surface area (Å²) in [6, 6.07) is 121. The molecule has 106 heavy (non-hydrogen) atoms. The third-order valence-corrected chi connectivity index (χ3v) is 23.8. The molecule has 24 rings (SSSR count). The lowest BCUT2D eigenvalue weighted by atomic mass is 9.99. The Morgan fingerprint density at radius 1 is 0.208 bits per heavy atom. The second-order valence-electron chi connectivity index (χ2n) is 27.4. The first kappa shape index (κ1) is 58.9. The largest absolute Gasteiger partial charge is 0.453 e. The summed E-state index contributed by atoms with van der Waals surface area (Å²) in [5.74, 6) is 6.67. The van der Waals surface area contributed by atoms with Gasteiger partial charge < -0.3 is 28.7 Å². The van der Waals surface area contributed by atoms with E-state index in [0.717, 1.165) is 157 Å². The summed E-state index contributed by atoms with van der Waals surface area (Å²) in [5, 5.41) is 9.77. The van der Waals surface area contributed by atoms with Crippen LogP contribution < -0.4 is 28.7 Å². The number of fused-ring (bicyclic) bond motifs is 8. The summed E-state index contributed by atoms with van der Waals surface area (Å²) in [5.41, 5.74) is 21.8. The van der Waals surface area contributed by atoms with Crippen molar-refractivity contribution in [3.05, 3.63) is 340 Å². The number of rotatable bonds is 10. The lowest BCUT2D eigenvalue weighted by Gasteiger charge is -2.28. The first-order valence-corrected chi connectivity index (χ1v) is 37.3. The molecule has 0 saturated heterocycles. The fraction of sp³-hybridized carbons (Fsp3) is 0. The Balaban J connectivity index is 0.000000129. The number of aromatic nitrogens is 2. The number of hydrogen-bond acceptors (Lipinski definition) is 8. The molecule has 0 aliphatic carbocycles. The van der Waals surface area contributed by atoms with Crippen LogP contribution in [0.4, 0.5) is 34.1 Å². The van der Waals surface area contributed by atoms with Gasteiger partial charge in [-0.1, -0.05) is 200 Å². The molecule has 4 aliphatic heterocycles. The van der Waals surface area contributed by atoms with Crippen molar-refractivity contribution < 1.29 is 18.9 Å². The average Bonchev–Trinajstić information content (AvgIpc) is 1.53. The SMILES string of the molecule is c1ccc(-c2cccc(N(c3ccc(-c4ccc5c6cccc7c6n6c5c4Oc4cccc(c4-6)O7)cc3)c3ccc4sc5ccccc5c4c3)c2)cc1.c1ccc(-c2cccc(N(c3cccc(-c4ccc5c6cccc7c6n6c5c4Oc4cccc(c4-6)O7)c3)c3ccc4c(c3)sc3ccccc34)c2)cc1. The van der Waals surface area contributed by atoms with Crippen molar-refractivity contribution in [2.75, 3.05) is 9.80 Å². The van der Waals surface area contributed by atoms with Crippen molar-refractivity contribution in [3.8, 4) is 102 Å². The fourth-order valence-electron chi connectivity index (χ4n) is 16.8. The van der Waals surface area contributed by atoms with Crippen molar-refractivity contribution in [3.63, 3.8) is 0 Å². The quantitative estimate of drug-likeness (QED) is 0.136. The first-order chi connectivity index (χ1) is 52.5. The standard InChI is InChI=1S/2C48H28N2O2S/c1-2-10-29(11-3-1)30-12-6-14-32(26-30)49(34-22-23-37-36-16-4-5-21-43(36)53-44(37)28-34)33-15-7-13-31(27-33)35-24-25-39-38-17-8-18-40-45(38)50-46(39)48(35)52-42-20-9-19-41(51-40)47(42)50;1-2-9-29(10-3-1)31-11-6-12-33(27-31)49(34-23-26-44-39(28-34)36-13-4-5-18-43(36)53-44)32-21-19-30(20-22-32)35-24-25-38-37-14-7-15-40-45(37)50-46(38)48(35)52-42-17-8-16-41(51-40)47(42)50/h2*1-28H. The maximum absolute atomic E-state index is 6.87. The van der Waals surface area contributed by atoms with Gasteiger partial charge in [-0.25, -0.2) is 0 Å². The molecule has 16 aromatic carbocycles. The highest BCUT2D eigenvalue weighted by molar-refractivity contribution is 7.26. The Hall–Kier alpha value is -13.6. The predicted molar refractivity (Wildman–Crippen MR) is 439 cm³/mol. The summed E-state index contributed by atoms with van der Waals surface area (Å²) < 4.78 is 36.3. The lowest BCUT2D eigenvalue weighted by molar-refractivity contribution is 0.444. The molecule has 0 spiro atoms. The van der Waals surface area contributed by atoms with Crippen LogP contribution in [0.1, 0.15) is 0 Å². The molecule has 0 amide bonds. The first-order valence-electron chi connectivity index (χ1n) is 35.7. The van der Waals surface area contributed by atoms with E-state index in [1.165, 1.54) is 62.6 Å². The highest BCUT2D eigenvalue weighted by Crippen LogP contribution is 2.59. The molecule has 0 N–H and O–H groups in total. The second kappa shape index (κ2) is 22.9. The topological polar surface area (TPSA) is 53.3 Å². The number of benzene rings is 16. The molecule has 8 heterocycles. The van der Waals surface area contributed by atoms with Gasteiger partial charge in [0.2, 0.25) is 0 Å². The number of anilines is 6. The van der Waals surface area contributed by atoms with Crippen molar-refractivity contribution in [1.29, 1.82) is 0 Å². The van der Waals surface area contributed by atoms with Gasteiger partial charge in [-0.3, -0.25) is 9.13 Å². The molecule has 4 aliphatic rings. The second-order valence-corrected chi connectivity index (χ2v) is 29.6. The Bertz CT molecular complexity index is 7110. The zero-order chi connectivity index (χ0) is 69.2. The van der Waals surface area contributed by atoms with E-state index in [2.05, 4.69) is 322 Å². The highest BCUT2D eigenvalue weighted by atomic mass is 32.1. The van der Waals surface area contributed by atoms with Crippen LogP contribution in [0, 0.1) is 0 Å². The van der Waals surface area contributed by atoms with Gasteiger partial charge in [0, 0.05) is 107 Å². The summed E-state index contributed by atoms with van der Waals surface area (Å²) in [6.45, 7) is 0. The molecule has 0 atom stereocenters.